The van der Waals surface area contributed by atoms with E-state index in [1.807, 2.05) is 19.2 Å². The molecular formula is C15H22N4S. The molecule has 5 heteroatoms. The summed E-state index contributed by atoms with van der Waals surface area (Å²) in [6.45, 7) is 6.90. The Bertz CT molecular complexity index is 538. The van der Waals surface area contributed by atoms with Gasteiger partial charge in [0.2, 0.25) is 0 Å². The van der Waals surface area contributed by atoms with Gasteiger partial charge in [-0.2, -0.15) is 0 Å². The van der Waals surface area contributed by atoms with Crippen molar-refractivity contribution >= 4 is 17.2 Å². The van der Waals surface area contributed by atoms with Crippen molar-refractivity contribution in [3.63, 3.8) is 0 Å². The van der Waals surface area contributed by atoms with Crippen LogP contribution in [-0.4, -0.2) is 28.5 Å². The third-order valence-corrected chi connectivity index (χ3v) is 3.79. The van der Waals surface area contributed by atoms with Crippen LogP contribution in [0.5, 0.6) is 0 Å². The van der Waals surface area contributed by atoms with Gasteiger partial charge >= 0.3 is 0 Å². The fourth-order valence-corrected chi connectivity index (χ4v) is 2.68. The van der Waals surface area contributed by atoms with Crippen LogP contribution in [-0.2, 0) is 13.1 Å². The van der Waals surface area contributed by atoms with Crippen LogP contribution in [0.3, 0.4) is 0 Å². The Morgan fingerprint density at radius 1 is 1.35 bits per heavy atom. The number of hydrogen-bond donors (Lipinski definition) is 1. The van der Waals surface area contributed by atoms with Crippen LogP contribution in [0, 0.1) is 6.92 Å². The summed E-state index contributed by atoms with van der Waals surface area (Å²) >= 11 is 1.70. The lowest BCUT2D eigenvalue weighted by Gasteiger charge is -2.17. The molecule has 20 heavy (non-hydrogen) atoms. The molecule has 0 bridgehead atoms. The monoisotopic (exact) mass is 290 g/mol. The lowest BCUT2D eigenvalue weighted by atomic mass is 10.2. The zero-order valence-electron chi connectivity index (χ0n) is 12.4. The van der Waals surface area contributed by atoms with Gasteiger partial charge in [0.15, 0.2) is 0 Å². The molecule has 0 unspecified atom stereocenters. The smallest absolute Gasteiger partial charge is 0.130 e. The van der Waals surface area contributed by atoms with Crippen molar-refractivity contribution in [2.45, 2.75) is 33.4 Å². The molecule has 2 aromatic heterocycles. The van der Waals surface area contributed by atoms with Crippen LogP contribution in [0.1, 0.15) is 29.6 Å². The maximum Gasteiger partial charge on any atom is 0.130 e. The summed E-state index contributed by atoms with van der Waals surface area (Å²) in [7, 11) is 2.12. The van der Waals surface area contributed by atoms with Crippen molar-refractivity contribution in [2.75, 3.05) is 18.9 Å². The molecule has 0 fully saturated rings. The Morgan fingerprint density at radius 3 is 2.90 bits per heavy atom. The van der Waals surface area contributed by atoms with Crippen molar-refractivity contribution < 1.29 is 0 Å². The van der Waals surface area contributed by atoms with E-state index in [9.17, 15) is 0 Å². The molecule has 0 aliphatic heterocycles. The van der Waals surface area contributed by atoms with Gasteiger partial charge in [-0.3, -0.25) is 4.90 Å². The minimum absolute atomic E-state index is 0.868. The average Bonchev–Trinajstić information content (AvgIpc) is 2.83. The molecule has 2 rings (SSSR count). The quantitative estimate of drug-likeness (QED) is 0.849. The fourth-order valence-electron chi connectivity index (χ4n) is 2.07. The third kappa shape index (κ3) is 4.28. The van der Waals surface area contributed by atoms with Gasteiger partial charge < -0.3 is 5.32 Å². The zero-order valence-corrected chi connectivity index (χ0v) is 13.2. The number of nitrogens with one attached hydrogen (secondary N) is 1. The minimum atomic E-state index is 0.868. The van der Waals surface area contributed by atoms with Crippen LogP contribution < -0.4 is 5.32 Å². The number of hydrogen-bond acceptors (Lipinski definition) is 5. The highest BCUT2D eigenvalue weighted by Gasteiger charge is 2.08. The maximum absolute atomic E-state index is 4.51. The first-order valence-corrected chi connectivity index (χ1v) is 7.84. The van der Waals surface area contributed by atoms with Gasteiger partial charge in [-0.05, 0) is 26.5 Å². The number of pyridine rings is 1. The summed E-state index contributed by atoms with van der Waals surface area (Å²) in [5, 5.41) is 6.64. The highest BCUT2D eigenvalue weighted by molar-refractivity contribution is 7.09. The van der Waals surface area contributed by atoms with E-state index in [0.717, 1.165) is 42.6 Å². The van der Waals surface area contributed by atoms with Crippen LogP contribution in [0.4, 0.5) is 5.82 Å². The van der Waals surface area contributed by atoms with Gasteiger partial charge in [0, 0.05) is 36.8 Å². The molecule has 2 aromatic rings. The summed E-state index contributed by atoms with van der Waals surface area (Å²) in [5.74, 6) is 0.996. The third-order valence-electron chi connectivity index (χ3n) is 2.97. The second kappa shape index (κ2) is 7.36. The number of anilines is 1. The normalized spacial score (nSPS) is 11.0. The number of aryl methyl sites for hydroxylation is 1. The average molecular weight is 290 g/mol. The van der Waals surface area contributed by atoms with Crippen molar-refractivity contribution in [2.24, 2.45) is 0 Å². The summed E-state index contributed by atoms with van der Waals surface area (Å²) in [6, 6.07) is 4.13. The van der Waals surface area contributed by atoms with E-state index >= 15 is 0 Å². The van der Waals surface area contributed by atoms with Gasteiger partial charge in [0.05, 0.1) is 10.7 Å². The number of aromatic nitrogens is 2. The Kier molecular flexibility index (Phi) is 5.49. The molecule has 0 saturated carbocycles. The molecule has 0 radical (unpaired) electrons. The molecule has 0 spiro atoms. The Hall–Kier alpha value is -1.46. The topological polar surface area (TPSA) is 41.1 Å². The van der Waals surface area contributed by atoms with Crippen LogP contribution in [0.15, 0.2) is 23.7 Å². The first-order chi connectivity index (χ1) is 9.69. The molecule has 0 aliphatic rings. The highest BCUT2D eigenvalue weighted by Crippen LogP contribution is 2.16. The van der Waals surface area contributed by atoms with Crippen molar-refractivity contribution in [1.29, 1.82) is 0 Å². The minimum Gasteiger partial charge on any atom is -0.370 e. The summed E-state index contributed by atoms with van der Waals surface area (Å²) < 4.78 is 0. The molecule has 2 heterocycles. The lowest BCUT2D eigenvalue weighted by molar-refractivity contribution is 0.316. The first kappa shape index (κ1) is 14.9. The number of thiazole rings is 1. The van der Waals surface area contributed by atoms with E-state index < -0.39 is 0 Å². The molecule has 1 N–H and O–H groups in total. The Balaban J connectivity index is 1.98. The van der Waals surface area contributed by atoms with E-state index in [-0.39, 0.29) is 0 Å². The summed E-state index contributed by atoms with van der Waals surface area (Å²) in [5.41, 5.74) is 2.37. The van der Waals surface area contributed by atoms with E-state index in [2.05, 4.69) is 45.6 Å². The van der Waals surface area contributed by atoms with Crippen molar-refractivity contribution in [3.8, 4) is 0 Å². The predicted octanol–water partition coefficient (Wildman–Crippen LogP) is 3.30. The van der Waals surface area contributed by atoms with Gasteiger partial charge in [-0.25, -0.2) is 9.97 Å². The SMILES string of the molecule is CCCNc1ncccc1CN(C)Cc1csc(C)n1. The van der Waals surface area contributed by atoms with Gasteiger partial charge in [-0.1, -0.05) is 13.0 Å². The summed E-state index contributed by atoms with van der Waals surface area (Å²) in [4.78, 5) is 11.2. The van der Waals surface area contributed by atoms with Gasteiger partial charge in [-0.15, -0.1) is 11.3 Å². The van der Waals surface area contributed by atoms with Crippen molar-refractivity contribution in [3.05, 3.63) is 40.0 Å². The van der Waals surface area contributed by atoms with Crippen LogP contribution in [0.2, 0.25) is 0 Å². The Labute approximate surface area is 124 Å². The molecule has 4 nitrogen and oxygen atoms in total. The molecule has 0 aromatic carbocycles. The molecular weight excluding hydrogens is 268 g/mol. The molecule has 0 atom stereocenters. The number of nitrogens with zero attached hydrogens (tertiary/aromatic N) is 3. The van der Waals surface area contributed by atoms with E-state index in [1.165, 1.54) is 5.56 Å². The second-order valence-electron chi connectivity index (χ2n) is 4.97. The predicted molar refractivity (Wildman–Crippen MR) is 85.0 cm³/mol. The number of rotatable bonds is 7. The molecule has 0 amide bonds. The van der Waals surface area contributed by atoms with Crippen LogP contribution >= 0.6 is 11.3 Å². The van der Waals surface area contributed by atoms with Crippen molar-refractivity contribution in [1.82, 2.24) is 14.9 Å². The highest BCUT2D eigenvalue weighted by atomic mass is 32.1. The Morgan fingerprint density at radius 2 is 2.20 bits per heavy atom. The zero-order chi connectivity index (χ0) is 14.4. The van der Waals surface area contributed by atoms with Crippen LogP contribution in [0.25, 0.3) is 0 Å². The van der Waals surface area contributed by atoms with Gasteiger partial charge in [0.1, 0.15) is 5.82 Å². The molecule has 108 valence electrons. The first-order valence-electron chi connectivity index (χ1n) is 6.96. The maximum atomic E-state index is 4.51. The molecule has 0 saturated heterocycles. The largest absolute Gasteiger partial charge is 0.370 e. The fraction of sp³-hybridized carbons (Fsp3) is 0.467. The standard InChI is InChI=1S/C15H22N4S/c1-4-7-16-15-13(6-5-8-17-15)9-19(3)10-14-11-20-12(2)18-14/h5-6,8,11H,4,7,9-10H2,1-3H3,(H,16,17). The molecule has 0 aliphatic carbocycles. The van der Waals surface area contributed by atoms with E-state index in [0.29, 0.717) is 0 Å². The van der Waals surface area contributed by atoms with Gasteiger partial charge in [0.25, 0.3) is 0 Å². The van der Waals surface area contributed by atoms with E-state index in [1.54, 1.807) is 11.3 Å². The summed E-state index contributed by atoms with van der Waals surface area (Å²) in [6.07, 6.45) is 2.94. The second-order valence-corrected chi connectivity index (χ2v) is 6.03. The lowest BCUT2D eigenvalue weighted by Crippen LogP contribution is -2.19. The van der Waals surface area contributed by atoms with E-state index in [4.69, 9.17) is 0 Å².